The Morgan fingerprint density at radius 1 is 0.394 bits per heavy atom. The Labute approximate surface area is 577 Å². The Balaban J connectivity index is -0.000000213. The molecule has 0 rings (SSSR count). The van der Waals surface area contributed by atoms with E-state index in [0.717, 1.165) is 39.0 Å². The predicted molar refractivity (Wildman–Crippen MR) is 392 cm³/mol. The lowest BCUT2D eigenvalue weighted by molar-refractivity contribution is -0.142. The van der Waals surface area contributed by atoms with Crippen LogP contribution < -0.4 is 11.1 Å². The molecule has 6 amide bonds. The number of ether oxygens (including phenoxy) is 2. The van der Waals surface area contributed by atoms with Gasteiger partial charge in [0.15, 0.2) is 0 Å². The summed E-state index contributed by atoms with van der Waals surface area (Å²) in [5.74, 6) is -1.36. The second-order valence-electron chi connectivity index (χ2n) is 32.4. The van der Waals surface area contributed by atoms with Crippen LogP contribution in [0.4, 0.5) is 4.79 Å². The molecule has 0 saturated heterocycles. The molecule has 0 radical (unpaired) electrons. The number of amides is 6. The fraction of sp³-hybridized carbons (Fsp3) is 0.903. The third kappa shape index (κ3) is 52.0. The molecule has 0 fully saturated rings. The number of unbranched alkanes of at least 4 members (excludes halogenated alkanes) is 1. The van der Waals surface area contributed by atoms with E-state index in [1.54, 1.807) is 11.8 Å². The molecule has 0 heterocycles. The Kier molecular flexibility index (Phi) is 53.3. The van der Waals surface area contributed by atoms with E-state index < -0.39 is 39.6 Å². The third-order valence-corrected chi connectivity index (χ3v) is 15.7. The first kappa shape index (κ1) is 103. The van der Waals surface area contributed by atoms with Gasteiger partial charge in [0.1, 0.15) is 0 Å². The summed E-state index contributed by atoms with van der Waals surface area (Å²) in [7, 11) is 8.26. The summed E-state index contributed by atoms with van der Waals surface area (Å²) in [5.41, 5.74) is 3.69. The van der Waals surface area contributed by atoms with Crippen molar-refractivity contribution in [2.75, 3.05) is 146 Å². The van der Waals surface area contributed by atoms with Crippen LogP contribution in [0.25, 0.3) is 0 Å². The van der Waals surface area contributed by atoms with Crippen molar-refractivity contribution in [1.82, 2.24) is 44.5 Å². The van der Waals surface area contributed by atoms with Gasteiger partial charge >= 0.3 is 18.0 Å². The van der Waals surface area contributed by atoms with E-state index in [2.05, 4.69) is 129 Å². The van der Waals surface area contributed by atoms with Crippen molar-refractivity contribution in [2.45, 2.75) is 256 Å². The van der Waals surface area contributed by atoms with Gasteiger partial charge in [-0.05, 0) is 137 Å². The summed E-state index contributed by atoms with van der Waals surface area (Å²) in [5, 5.41) is 28.9. The maximum absolute atomic E-state index is 12.7. The zero-order chi connectivity index (χ0) is 72.3. The minimum absolute atomic E-state index is 0. The minimum atomic E-state index is -0.815. The average molecular weight is 1350 g/mol. The number of aliphatic carboxylic acids is 2. The van der Waals surface area contributed by atoms with Crippen LogP contribution in [0, 0.1) is 27.6 Å². The molecular formula is C72H154N10O12. The molecule has 22 nitrogen and oxygen atoms in total. The van der Waals surface area contributed by atoms with Crippen molar-refractivity contribution in [3.8, 4) is 0 Å². The number of aliphatic hydroxyl groups is 1. The van der Waals surface area contributed by atoms with E-state index in [9.17, 15) is 33.6 Å². The molecule has 0 saturated carbocycles. The van der Waals surface area contributed by atoms with Gasteiger partial charge in [-0.1, -0.05) is 119 Å². The summed E-state index contributed by atoms with van der Waals surface area (Å²) in [6.07, 6.45) is 3.63. The number of hydrogen-bond acceptors (Lipinski definition) is 14. The Bertz CT molecular complexity index is 2060. The monoisotopic (exact) mass is 1350 g/mol. The second kappa shape index (κ2) is 48.5. The first-order valence-corrected chi connectivity index (χ1v) is 33.2. The highest BCUT2D eigenvalue weighted by atomic mass is 16.5. The van der Waals surface area contributed by atoms with E-state index in [-0.39, 0.29) is 87.0 Å². The SMILES string of the molecule is C.C.C.CN(CCN(CCCC(=O)O)C(=O)C(C)(C)C)C(C)(C)C.CN(CCN(CCCNC(N)=O)C(=O)C(C)(C)C)C(C)(C)C.CN(CCN(CCOCCOCCO)C(=O)C(C)(C)C)C(C)(C)C.C[C@@H](CCCCN(CCN(C)C(C)(C)C)C(=O)C(C)(C)C)C(=O)O. The molecule has 0 aromatic rings. The molecular weight excluding hydrogens is 1200 g/mol. The van der Waals surface area contributed by atoms with Crippen molar-refractivity contribution in [3.63, 3.8) is 0 Å². The van der Waals surface area contributed by atoms with Gasteiger partial charge in [0.2, 0.25) is 23.6 Å². The van der Waals surface area contributed by atoms with Crippen LogP contribution in [0.15, 0.2) is 0 Å². The first-order valence-electron chi connectivity index (χ1n) is 33.2. The van der Waals surface area contributed by atoms with Crippen LogP contribution >= 0.6 is 0 Å². The Morgan fingerprint density at radius 2 is 0.670 bits per heavy atom. The molecule has 22 heteroatoms. The standard InChI is InChI=1S/C19H38N2O3.C18H38N2O4.C16H34N4O2.C16H32N2O3.3CH4/c1-15(16(22)23)11-9-10-12-21(17(24)18(2,3)4)14-13-20(8)19(5,6)7;1-17(2,3)16(22)20(9-8-19(7)18(4,5)6)10-12-23-14-15-24-13-11-21;1-15(2,3)13(21)20(10-8-9-18-14(17)22)12-11-19(7)16(4,5)6;1-15(2,3)14(21)18(10-8-9-13(19)20)12-11-17(7)16(4,5)6;;;/h15H,9-14H2,1-8H3,(H,22,23);21H,8-15H2,1-7H3;8-12H2,1-7H3,(H3,17,18,22);8-12H2,1-7H3,(H,19,20);3*1H4/t15-;;;;;;/m0....../s1. The van der Waals surface area contributed by atoms with Crippen LogP contribution in [-0.2, 0) is 38.2 Å². The van der Waals surface area contributed by atoms with E-state index in [0.29, 0.717) is 105 Å². The lowest BCUT2D eigenvalue weighted by Gasteiger charge is -2.35. The number of likely N-dealkylation sites (N-methyl/N-ethyl adjacent to an activating group) is 4. The van der Waals surface area contributed by atoms with Gasteiger partial charge in [-0.3, -0.25) is 48.4 Å². The summed E-state index contributed by atoms with van der Waals surface area (Å²) in [6, 6.07) is -0.527. The summed E-state index contributed by atoms with van der Waals surface area (Å²) >= 11 is 0. The van der Waals surface area contributed by atoms with Crippen LogP contribution in [0.1, 0.15) is 234 Å². The molecule has 0 spiro atoms. The third-order valence-electron chi connectivity index (χ3n) is 15.7. The molecule has 0 bridgehead atoms. The predicted octanol–water partition coefficient (Wildman–Crippen LogP) is 11.1. The number of nitrogens with one attached hydrogen (secondary N) is 1. The van der Waals surface area contributed by atoms with Crippen LogP contribution in [0.2, 0.25) is 0 Å². The number of rotatable bonds is 34. The number of nitrogens with zero attached hydrogens (tertiary/aromatic N) is 8. The molecule has 94 heavy (non-hydrogen) atoms. The maximum Gasteiger partial charge on any atom is 0.312 e. The molecule has 0 aliphatic rings. The summed E-state index contributed by atoms with van der Waals surface area (Å²) in [4.78, 5) is 98.9. The van der Waals surface area contributed by atoms with Crippen molar-refractivity contribution < 1.29 is 58.4 Å². The van der Waals surface area contributed by atoms with E-state index >= 15 is 0 Å². The number of urea groups is 1. The van der Waals surface area contributed by atoms with Crippen molar-refractivity contribution in [1.29, 1.82) is 0 Å². The number of carbonyl (C=O) groups is 7. The molecule has 0 unspecified atom stereocenters. The van der Waals surface area contributed by atoms with E-state index in [1.165, 1.54) is 0 Å². The molecule has 6 N–H and O–H groups in total. The number of hydrogen-bond donors (Lipinski definition) is 5. The Hall–Kier alpha value is -4.19. The van der Waals surface area contributed by atoms with Gasteiger partial charge in [0.05, 0.1) is 39.0 Å². The topological polar surface area (TPSA) is 263 Å². The highest BCUT2D eigenvalue weighted by Gasteiger charge is 2.32. The van der Waals surface area contributed by atoms with Gasteiger partial charge in [0.25, 0.3) is 0 Å². The van der Waals surface area contributed by atoms with Gasteiger partial charge in [-0.25, -0.2) is 4.79 Å². The zero-order valence-electron chi connectivity index (χ0n) is 63.7. The van der Waals surface area contributed by atoms with Gasteiger partial charge in [0, 0.05) is 135 Å². The zero-order valence-corrected chi connectivity index (χ0v) is 63.7. The number of carboxylic acid groups (broad SMARTS) is 2. The Morgan fingerprint density at radius 3 is 0.926 bits per heavy atom. The molecule has 564 valence electrons. The molecule has 0 aromatic heterocycles. The smallest absolute Gasteiger partial charge is 0.312 e. The number of aliphatic hydroxyl groups excluding tert-OH is 1. The molecule has 0 aromatic carbocycles. The number of carboxylic acids is 2. The average Bonchev–Trinajstić information content (AvgIpc) is 0.939. The fourth-order valence-electron chi connectivity index (χ4n) is 7.92. The largest absolute Gasteiger partial charge is 0.481 e. The molecule has 0 aliphatic heterocycles. The molecule has 1 atom stereocenters. The van der Waals surface area contributed by atoms with Gasteiger partial charge < -0.3 is 55.4 Å². The summed E-state index contributed by atoms with van der Waals surface area (Å²) in [6.45, 7) is 61.3. The lowest BCUT2D eigenvalue weighted by Crippen LogP contribution is -2.47. The highest BCUT2D eigenvalue weighted by Crippen LogP contribution is 2.23. The van der Waals surface area contributed by atoms with E-state index in [1.807, 2.05) is 105 Å². The quantitative estimate of drug-likeness (QED) is 0.0375. The van der Waals surface area contributed by atoms with Crippen LogP contribution in [0.3, 0.4) is 0 Å². The van der Waals surface area contributed by atoms with E-state index in [4.69, 9.17) is 30.5 Å². The van der Waals surface area contributed by atoms with Gasteiger partial charge in [-0.15, -0.1) is 0 Å². The van der Waals surface area contributed by atoms with Crippen molar-refractivity contribution in [2.24, 2.45) is 33.3 Å². The number of carbonyl (C=O) groups excluding carboxylic acids is 5. The number of nitrogens with two attached hydrogens (primary N) is 1. The lowest BCUT2D eigenvalue weighted by atomic mass is 9.94. The normalized spacial score (nSPS) is 12.5. The van der Waals surface area contributed by atoms with Crippen molar-refractivity contribution >= 4 is 41.6 Å². The van der Waals surface area contributed by atoms with Crippen molar-refractivity contribution in [3.05, 3.63) is 0 Å². The molecule has 0 aliphatic carbocycles. The van der Waals surface area contributed by atoms with Gasteiger partial charge in [-0.2, -0.15) is 0 Å². The fourth-order valence-corrected chi connectivity index (χ4v) is 7.92. The van der Waals surface area contributed by atoms with Crippen LogP contribution in [-0.4, -0.2) is 265 Å². The first-order chi connectivity index (χ1) is 41.0. The maximum atomic E-state index is 12.7. The summed E-state index contributed by atoms with van der Waals surface area (Å²) < 4.78 is 10.7. The van der Waals surface area contributed by atoms with Crippen LogP contribution in [0.5, 0.6) is 0 Å². The minimum Gasteiger partial charge on any atom is -0.481 e. The highest BCUT2D eigenvalue weighted by molar-refractivity contribution is 5.83. The number of primary amides is 1. The second-order valence-corrected chi connectivity index (χ2v) is 32.4.